The van der Waals surface area contributed by atoms with Crippen LogP contribution in [0.25, 0.3) is 45.0 Å². The van der Waals surface area contributed by atoms with E-state index in [4.69, 9.17) is 38.8 Å². The average Bonchev–Trinajstić information content (AvgIpc) is 3.96. The van der Waals surface area contributed by atoms with Crippen LogP contribution in [0.3, 0.4) is 0 Å². The van der Waals surface area contributed by atoms with Crippen LogP contribution in [0.4, 0.5) is 0 Å². The summed E-state index contributed by atoms with van der Waals surface area (Å²) in [4.78, 5) is 31.6. The van der Waals surface area contributed by atoms with Gasteiger partial charge in [-0.2, -0.15) is 0 Å². The predicted octanol–water partition coefficient (Wildman–Crippen LogP) is 11.8. The molecule has 2 heterocycles. The largest absolute Gasteiger partial charge is 0.497 e. The Hall–Kier alpha value is -6.56. The number of carboxylic acid groups (broad SMARTS) is 1. The summed E-state index contributed by atoms with van der Waals surface area (Å²) in [6.07, 6.45) is 14.7. The molecule has 0 atom stereocenters. The van der Waals surface area contributed by atoms with E-state index in [-0.39, 0.29) is 12.4 Å². The second-order valence-corrected chi connectivity index (χ2v) is 15.4. The molecule has 0 bridgehead atoms. The van der Waals surface area contributed by atoms with E-state index in [2.05, 4.69) is 33.4 Å². The van der Waals surface area contributed by atoms with Crippen LogP contribution in [0, 0.1) is 0 Å². The van der Waals surface area contributed by atoms with Crippen molar-refractivity contribution in [2.24, 2.45) is 0 Å². The van der Waals surface area contributed by atoms with Gasteiger partial charge in [0.15, 0.2) is 0 Å². The van der Waals surface area contributed by atoms with Gasteiger partial charge >= 0.3 is 11.9 Å². The summed E-state index contributed by atoms with van der Waals surface area (Å²) in [5.74, 6) is 2.49. The molecule has 0 amide bonds. The minimum atomic E-state index is -0.714. The molecule has 4 aromatic carbocycles. The molecule has 0 aliphatic carbocycles. The smallest absolute Gasteiger partial charge is 0.305 e. The SMILES string of the molecule is CCOC(=O)CCCCCCCn1cnc(-c2ccc(OC)cc2)c1-c1ccc(OC)cc1.COc1ccc(-c2ncn(CCCCCCCC(=O)O)c2-c2ccc(OC)cc2)cc1. The molecule has 0 saturated heterocycles. The number of carbonyl (C=O) groups excluding carboxylic acids is 1. The van der Waals surface area contributed by atoms with Crippen molar-refractivity contribution in [2.45, 2.75) is 97.1 Å². The van der Waals surface area contributed by atoms with Gasteiger partial charge in [-0.1, -0.05) is 38.5 Å². The Morgan fingerprint density at radius 3 is 1.14 bits per heavy atom. The maximum Gasteiger partial charge on any atom is 0.305 e. The van der Waals surface area contributed by atoms with Crippen LogP contribution in [0.1, 0.15) is 84.0 Å². The fourth-order valence-corrected chi connectivity index (χ4v) is 7.53. The summed E-state index contributed by atoms with van der Waals surface area (Å²) in [5, 5.41) is 8.74. The number of unbranched alkanes of at least 4 members (excludes halogenated alkanes) is 8. The summed E-state index contributed by atoms with van der Waals surface area (Å²) in [7, 11) is 6.67. The standard InChI is InChI=1S/C27H34N2O4.C25H30N2O4/c1-4-33-25(30)10-8-6-5-7-9-19-29-20-28-26(21-11-15-23(31-2)16-12-21)27(29)22-13-17-24(32-3)18-14-22;1-30-21-13-9-19(10-14-21)24-25(20-11-15-22(31-2)16-12-20)27(18-26-24)17-7-5-3-4-6-8-23(28)29/h11-18,20H,4-10,19H2,1-3H3;9-16,18H,3-8,17H2,1-2H3,(H,28,29). The molecule has 0 aliphatic heterocycles. The molecule has 340 valence electrons. The summed E-state index contributed by atoms with van der Waals surface area (Å²) in [6.45, 7) is 4.05. The highest BCUT2D eigenvalue weighted by Crippen LogP contribution is 2.35. The van der Waals surface area contributed by atoms with Crippen molar-refractivity contribution in [3.05, 3.63) is 110 Å². The number of nitrogens with zero attached hydrogens (tertiary/aromatic N) is 4. The minimum absolute atomic E-state index is 0.0916. The lowest BCUT2D eigenvalue weighted by atomic mass is 10.0. The van der Waals surface area contributed by atoms with Crippen LogP contribution in [-0.4, -0.2) is 71.2 Å². The average molecular weight is 873 g/mol. The van der Waals surface area contributed by atoms with Gasteiger partial charge < -0.3 is 37.9 Å². The first kappa shape index (κ1) is 48.5. The Balaban J connectivity index is 0.000000241. The zero-order valence-electron chi connectivity index (χ0n) is 38.1. The third-order valence-corrected chi connectivity index (χ3v) is 11.0. The summed E-state index contributed by atoms with van der Waals surface area (Å²) in [5.41, 5.74) is 8.37. The van der Waals surface area contributed by atoms with E-state index < -0.39 is 5.97 Å². The number of imidazole rings is 2. The Labute approximate surface area is 378 Å². The van der Waals surface area contributed by atoms with Gasteiger partial charge in [-0.15, -0.1) is 0 Å². The first-order valence-electron chi connectivity index (χ1n) is 22.3. The molecule has 6 rings (SSSR count). The maximum atomic E-state index is 11.4. The number of ether oxygens (including phenoxy) is 5. The number of aliphatic carboxylic acids is 1. The van der Waals surface area contributed by atoms with Crippen LogP contribution in [0.5, 0.6) is 23.0 Å². The highest BCUT2D eigenvalue weighted by molar-refractivity contribution is 5.80. The topological polar surface area (TPSA) is 136 Å². The van der Waals surface area contributed by atoms with Crippen molar-refractivity contribution >= 4 is 11.9 Å². The molecular formula is C52H64N4O8. The molecule has 0 radical (unpaired) electrons. The van der Waals surface area contributed by atoms with Gasteiger partial charge in [0.05, 0.1) is 70.5 Å². The molecule has 0 fully saturated rings. The minimum Gasteiger partial charge on any atom is -0.497 e. The summed E-state index contributed by atoms with van der Waals surface area (Å²) >= 11 is 0. The van der Waals surface area contributed by atoms with Gasteiger partial charge in [-0.05, 0) is 130 Å². The summed E-state index contributed by atoms with van der Waals surface area (Å²) in [6, 6.07) is 32.1. The normalized spacial score (nSPS) is 10.8. The molecular weight excluding hydrogens is 809 g/mol. The van der Waals surface area contributed by atoms with Crippen molar-refractivity contribution in [2.75, 3.05) is 35.0 Å². The van der Waals surface area contributed by atoms with E-state index in [0.717, 1.165) is 145 Å². The zero-order valence-corrected chi connectivity index (χ0v) is 38.1. The third-order valence-electron chi connectivity index (χ3n) is 11.0. The first-order chi connectivity index (χ1) is 31.3. The van der Waals surface area contributed by atoms with Crippen molar-refractivity contribution < 1.29 is 38.4 Å². The number of carboxylic acids is 1. The number of aromatic nitrogens is 4. The van der Waals surface area contributed by atoms with Crippen LogP contribution in [0.2, 0.25) is 0 Å². The van der Waals surface area contributed by atoms with E-state index in [0.29, 0.717) is 13.0 Å². The van der Waals surface area contributed by atoms with E-state index >= 15 is 0 Å². The highest BCUT2D eigenvalue weighted by atomic mass is 16.5. The molecule has 0 spiro atoms. The van der Waals surface area contributed by atoms with Crippen LogP contribution in [0.15, 0.2) is 110 Å². The van der Waals surface area contributed by atoms with E-state index in [1.54, 1.807) is 28.4 Å². The lowest BCUT2D eigenvalue weighted by molar-refractivity contribution is -0.143. The van der Waals surface area contributed by atoms with Gasteiger partial charge in [-0.3, -0.25) is 9.59 Å². The van der Waals surface area contributed by atoms with Crippen LogP contribution >= 0.6 is 0 Å². The zero-order chi connectivity index (χ0) is 45.5. The van der Waals surface area contributed by atoms with Crippen molar-refractivity contribution in [1.82, 2.24) is 19.1 Å². The number of carbonyl (C=O) groups is 2. The maximum absolute atomic E-state index is 11.4. The molecule has 1 N–H and O–H groups in total. The number of rotatable bonds is 25. The Kier molecular flexibility index (Phi) is 19.8. The van der Waals surface area contributed by atoms with Crippen molar-refractivity contribution in [1.29, 1.82) is 0 Å². The number of hydrogen-bond donors (Lipinski definition) is 1. The molecule has 0 unspecified atom stereocenters. The fourth-order valence-electron chi connectivity index (χ4n) is 7.53. The van der Waals surface area contributed by atoms with E-state index in [1.807, 2.05) is 92.4 Å². The molecule has 2 aromatic heterocycles. The second-order valence-electron chi connectivity index (χ2n) is 15.4. The first-order valence-corrected chi connectivity index (χ1v) is 22.3. The van der Waals surface area contributed by atoms with Gasteiger partial charge in [0, 0.05) is 48.2 Å². The predicted molar refractivity (Wildman–Crippen MR) is 252 cm³/mol. The number of methoxy groups -OCH3 is 4. The number of hydrogen-bond acceptors (Lipinski definition) is 9. The summed E-state index contributed by atoms with van der Waals surface area (Å²) < 4.78 is 30.7. The monoisotopic (exact) mass is 872 g/mol. The van der Waals surface area contributed by atoms with Crippen LogP contribution < -0.4 is 18.9 Å². The van der Waals surface area contributed by atoms with Crippen molar-refractivity contribution in [3.63, 3.8) is 0 Å². The van der Waals surface area contributed by atoms with Crippen molar-refractivity contribution in [3.8, 4) is 68.0 Å². The fraction of sp³-hybridized carbons (Fsp3) is 0.385. The van der Waals surface area contributed by atoms with Gasteiger partial charge in [0.2, 0.25) is 0 Å². The second kappa shape index (κ2) is 26.2. The quantitative estimate of drug-likeness (QED) is 0.0437. The van der Waals surface area contributed by atoms with Crippen LogP contribution in [-0.2, 0) is 27.4 Å². The third kappa shape index (κ3) is 14.5. The van der Waals surface area contributed by atoms with E-state index in [1.165, 1.54) is 0 Å². The van der Waals surface area contributed by atoms with Gasteiger partial charge in [0.25, 0.3) is 0 Å². The molecule has 12 heteroatoms. The lowest BCUT2D eigenvalue weighted by Crippen LogP contribution is -2.03. The number of benzene rings is 4. The number of aryl methyl sites for hydroxylation is 2. The van der Waals surface area contributed by atoms with E-state index in [9.17, 15) is 9.59 Å². The van der Waals surface area contributed by atoms with Gasteiger partial charge in [0.1, 0.15) is 23.0 Å². The Morgan fingerprint density at radius 2 is 0.797 bits per heavy atom. The van der Waals surface area contributed by atoms with Gasteiger partial charge in [-0.25, -0.2) is 9.97 Å². The molecule has 12 nitrogen and oxygen atoms in total. The molecule has 64 heavy (non-hydrogen) atoms. The molecule has 0 aliphatic rings. The number of esters is 1. The Bertz CT molecular complexity index is 2280. The Morgan fingerprint density at radius 1 is 0.469 bits per heavy atom. The molecule has 0 saturated carbocycles. The highest BCUT2D eigenvalue weighted by Gasteiger charge is 2.17. The molecule has 6 aromatic rings. The lowest BCUT2D eigenvalue weighted by Gasteiger charge is -2.12.